The van der Waals surface area contributed by atoms with E-state index < -0.39 is 65.4 Å². The van der Waals surface area contributed by atoms with Crippen molar-refractivity contribution in [2.75, 3.05) is 6.54 Å². The fraction of sp³-hybridized carbons (Fsp3) is 0.857. The van der Waals surface area contributed by atoms with E-state index in [9.17, 15) is 39.0 Å². The third kappa shape index (κ3) is 20.9. The molecule has 0 aromatic rings. The minimum atomic E-state index is -1.12. The molecule has 1 saturated heterocycles. The quantitative estimate of drug-likeness (QED) is 0.0313. The number of hydrogen-bond donors (Lipinski definition) is 4. The SMILES string of the molecule is CCCCCCCCC(C)CC(C(=O)O)C(C(=O)O)C(CCCCCCCC)CC1C(=O)OC(=O)C1C.CCCCNC(=O)C(CC)CC(C)C(=O)O. The highest BCUT2D eigenvalue weighted by molar-refractivity contribution is 5.96. The van der Waals surface area contributed by atoms with Gasteiger partial charge in [0.1, 0.15) is 0 Å². The molecule has 308 valence electrons. The summed E-state index contributed by atoms with van der Waals surface area (Å²) in [5, 5.41) is 32.0. The molecule has 11 heteroatoms. The Bertz CT molecular complexity index is 1080. The van der Waals surface area contributed by atoms with E-state index in [1.165, 1.54) is 25.7 Å². The first-order valence-electron chi connectivity index (χ1n) is 20.9. The van der Waals surface area contributed by atoms with Crippen LogP contribution < -0.4 is 5.32 Å². The molecule has 1 fully saturated rings. The van der Waals surface area contributed by atoms with Gasteiger partial charge in [0.2, 0.25) is 5.91 Å². The molecular weight excluding hydrogens is 678 g/mol. The van der Waals surface area contributed by atoms with Crippen LogP contribution in [0.4, 0.5) is 0 Å². The normalized spacial score (nSPS) is 18.8. The van der Waals surface area contributed by atoms with Crippen LogP contribution in [0.2, 0.25) is 0 Å². The number of carboxylic acids is 3. The minimum absolute atomic E-state index is 0.0101. The Morgan fingerprint density at radius 2 is 1.21 bits per heavy atom. The highest BCUT2D eigenvalue weighted by Crippen LogP contribution is 2.39. The fourth-order valence-corrected chi connectivity index (χ4v) is 7.34. The number of carboxylic acid groups (broad SMARTS) is 3. The first kappa shape index (κ1) is 50.0. The molecule has 0 aliphatic carbocycles. The molecule has 0 spiro atoms. The molecule has 1 heterocycles. The lowest BCUT2D eigenvalue weighted by Gasteiger charge is -2.31. The predicted molar refractivity (Wildman–Crippen MR) is 207 cm³/mol. The van der Waals surface area contributed by atoms with Gasteiger partial charge in [-0.1, -0.05) is 138 Å². The maximum absolute atomic E-state index is 12.6. The second-order valence-corrected chi connectivity index (χ2v) is 15.6. The number of aliphatic carboxylic acids is 3. The summed E-state index contributed by atoms with van der Waals surface area (Å²) in [5.41, 5.74) is 0. The van der Waals surface area contributed by atoms with Crippen LogP contribution in [0.5, 0.6) is 0 Å². The van der Waals surface area contributed by atoms with E-state index in [-0.39, 0.29) is 24.2 Å². The van der Waals surface area contributed by atoms with Crippen LogP contribution in [-0.4, -0.2) is 57.6 Å². The van der Waals surface area contributed by atoms with Crippen molar-refractivity contribution in [2.24, 2.45) is 47.3 Å². The molecular formula is C42H75NO10. The number of hydrogen-bond acceptors (Lipinski definition) is 7. The molecule has 53 heavy (non-hydrogen) atoms. The summed E-state index contributed by atoms with van der Waals surface area (Å²) in [7, 11) is 0. The van der Waals surface area contributed by atoms with Crippen LogP contribution in [0, 0.1) is 47.3 Å². The summed E-state index contributed by atoms with van der Waals surface area (Å²) in [5.74, 6) is -8.77. The van der Waals surface area contributed by atoms with Gasteiger partial charge in [-0.25, -0.2) is 0 Å². The van der Waals surface area contributed by atoms with Gasteiger partial charge in [-0.2, -0.15) is 0 Å². The van der Waals surface area contributed by atoms with E-state index in [1.807, 2.05) is 13.8 Å². The van der Waals surface area contributed by atoms with Gasteiger partial charge in [-0.3, -0.25) is 28.8 Å². The Morgan fingerprint density at radius 1 is 0.679 bits per heavy atom. The molecule has 0 bridgehead atoms. The van der Waals surface area contributed by atoms with Gasteiger partial charge < -0.3 is 25.4 Å². The largest absolute Gasteiger partial charge is 0.481 e. The molecule has 0 saturated carbocycles. The van der Waals surface area contributed by atoms with Gasteiger partial charge in [-0.05, 0) is 50.4 Å². The van der Waals surface area contributed by atoms with Crippen molar-refractivity contribution in [1.82, 2.24) is 5.32 Å². The van der Waals surface area contributed by atoms with Gasteiger partial charge in [0.25, 0.3) is 0 Å². The van der Waals surface area contributed by atoms with Crippen LogP contribution in [-0.2, 0) is 33.5 Å². The minimum Gasteiger partial charge on any atom is -0.481 e. The molecule has 0 aromatic carbocycles. The first-order valence-corrected chi connectivity index (χ1v) is 20.9. The van der Waals surface area contributed by atoms with Crippen LogP contribution in [0.3, 0.4) is 0 Å². The summed E-state index contributed by atoms with van der Waals surface area (Å²) in [6.45, 7) is 14.3. The molecule has 4 N–H and O–H groups in total. The van der Waals surface area contributed by atoms with Crippen molar-refractivity contribution in [3.63, 3.8) is 0 Å². The second kappa shape index (κ2) is 29.4. The molecule has 8 unspecified atom stereocenters. The Labute approximate surface area is 320 Å². The molecule has 0 radical (unpaired) electrons. The van der Waals surface area contributed by atoms with Gasteiger partial charge >= 0.3 is 29.8 Å². The van der Waals surface area contributed by atoms with Crippen molar-refractivity contribution in [3.8, 4) is 0 Å². The van der Waals surface area contributed by atoms with E-state index in [2.05, 4.69) is 26.1 Å². The zero-order valence-corrected chi connectivity index (χ0v) is 34.2. The van der Waals surface area contributed by atoms with Crippen molar-refractivity contribution in [1.29, 1.82) is 0 Å². The van der Waals surface area contributed by atoms with E-state index in [4.69, 9.17) is 9.84 Å². The van der Waals surface area contributed by atoms with Crippen LogP contribution in [0.25, 0.3) is 0 Å². The lowest BCUT2D eigenvalue weighted by atomic mass is 9.71. The highest BCUT2D eigenvalue weighted by Gasteiger charge is 2.46. The number of cyclic esters (lactones) is 2. The van der Waals surface area contributed by atoms with Crippen molar-refractivity contribution in [3.05, 3.63) is 0 Å². The topological polar surface area (TPSA) is 184 Å². The monoisotopic (exact) mass is 754 g/mol. The summed E-state index contributed by atoms with van der Waals surface area (Å²) in [6.07, 6.45) is 18.2. The number of esters is 2. The van der Waals surface area contributed by atoms with E-state index in [0.717, 1.165) is 70.6 Å². The maximum atomic E-state index is 12.6. The zero-order valence-electron chi connectivity index (χ0n) is 34.2. The van der Waals surface area contributed by atoms with Crippen molar-refractivity contribution >= 4 is 35.8 Å². The summed E-state index contributed by atoms with van der Waals surface area (Å²) < 4.78 is 4.81. The third-order valence-corrected chi connectivity index (χ3v) is 11.0. The molecule has 1 aliphatic heterocycles. The molecule has 0 aromatic heterocycles. The number of carbonyl (C=O) groups excluding carboxylic acids is 3. The molecule has 8 atom stereocenters. The Hall–Kier alpha value is -2.98. The van der Waals surface area contributed by atoms with Gasteiger partial charge in [0.15, 0.2) is 0 Å². The smallest absolute Gasteiger partial charge is 0.317 e. The number of carbonyl (C=O) groups is 6. The summed E-state index contributed by atoms with van der Waals surface area (Å²) in [6, 6.07) is 0. The molecule has 1 amide bonds. The van der Waals surface area contributed by atoms with Gasteiger partial charge in [0, 0.05) is 12.5 Å². The Kier molecular flexibility index (Phi) is 27.7. The van der Waals surface area contributed by atoms with Crippen LogP contribution >= 0.6 is 0 Å². The average Bonchev–Trinajstić information content (AvgIpc) is 3.34. The Morgan fingerprint density at radius 3 is 1.66 bits per heavy atom. The zero-order chi connectivity index (χ0) is 40.3. The molecule has 11 nitrogen and oxygen atoms in total. The third-order valence-electron chi connectivity index (χ3n) is 11.0. The van der Waals surface area contributed by atoms with E-state index >= 15 is 0 Å². The number of amides is 1. The second-order valence-electron chi connectivity index (χ2n) is 15.6. The maximum Gasteiger partial charge on any atom is 0.317 e. The van der Waals surface area contributed by atoms with E-state index in [1.54, 1.807) is 13.8 Å². The molecule has 1 rings (SSSR count). The number of unbranched alkanes of at least 4 members (excludes halogenated alkanes) is 11. The summed E-state index contributed by atoms with van der Waals surface area (Å²) >= 11 is 0. The lowest BCUT2D eigenvalue weighted by molar-refractivity contribution is -0.158. The standard InChI is InChI=1S/C30H52O7.C12H23NO3/c1-5-7-9-11-13-15-17-21(3)19-25(27(31)32)26(28(33)34)23(18-16-14-12-10-8-6-2)20-24-22(4)29(35)37-30(24)36;1-4-6-7-13-11(14)10(5-2)8-9(3)12(15)16/h21-26H,5-20H2,1-4H3,(H,31,32)(H,33,34);9-10H,4-8H2,1-3H3,(H,13,14)(H,15,16). The van der Waals surface area contributed by atoms with Crippen molar-refractivity contribution in [2.45, 2.75) is 177 Å². The number of ether oxygens (including phenoxy) is 1. The fourth-order valence-electron chi connectivity index (χ4n) is 7.34. The van der Waals surface area contributed by atoms with E-state index in [0.29, 0.717) is 32.2 Å². The number of rotatable bonds is 30. The average molecular weight is 754 g/mol. The highest BCUT2D eigenvalue weighted by atomic mass is 16.6. The van der Waals surface area contributed by atoms with Crippen LogP contribution in [0.1, 0.15) is 177 Å². The lowest BCUT2D eigenvalue weighted by Crippen LogP contribution is -2.38. The Balaban J connectivity index is 0.00000141. The molecule has 1 aliphatic rings. The number of nitrogens with one attached hydrogen (secondary N) is 1. The van der Waals surface area contributed by atoms with Crippen LogP contribution in [0.15, 0.2) is 0 Å². The van der Waals surface area contributed by atoms with Gasteiger partial charge in [-0.15, -0.1) is 0 Å². The van der Waals surface area contributed by atoms with Crippen molar-refractivity contribution < 1.29 is 48.8 Å². The predicted octanol–water partition coefficient (Wildman–Crippen LogP) is 9.30. The van der Waals surface area contributed by atoms with Gasteiger partial charge in [0.05, 0.1) is 29.6 Å². The first-order chi connectivity index (χ1) is 25.2. The summed E-state index contributed by atoms with van der Waals surface area (Å²) in [4.78, 5) is 71.7.